The van der Waals surface area contributed by atoms with E-state index in [1.807, 2.05) is 0 Å². The van der Waals surface area contributed by atoms with Crippen LogP contribution in [0.3, 0.4) is 0 Å². The molecule has 0 saturated carbocycles. The Labute approximate surface area is 126 Å². The second kappa shape index (κ2) is 6.60. The fourth-order valence-corrected chi connectivity index (χ4v) is 2.02. The second-order valence-corrected chi connectivity index (χ2v) is 4.98. The molecule has 1 heterocycles. The Kier molecular flexibility index (Phi) is 4.82. The van der Waals surface area contributed by atoms with Gasteiger partial charge in [0.2, 0.25) is 0 Å². The Bertz CT molecular complexity index is 599. The van der Waals surface area contributed by atoms with Crippen LogP contribution in [0.2, 0.25) is 5.02 Å². The molecule has 112 valence electrons. The van der Waals surface area contributed by atoms with Crippen molar-refractivity contribution in [3.63, 3.8) is 0 Å². The summed E-state index contributed by atoms with van der Waals surface area (Å²) in [5, 5.41) is 20.7. The Hall–Kier alpha value is -2.05. The van der Waals surface area contributed by atoms with Gasteiger partial charge in [-0.05, 0) is 24.3 Å². The standard InChI is InChI=1S/C14H14ClNO5/c15-10-1-2-12-8(6-10)5-9(7-21-12)13(18)16-4-3-11(17)14(19)20/h1-2,5-6,11,17H,3-4,7H2,(H,16,18)(H,19,20). The molecule has 0 saturated heterocycles. The number of carbonyl (C=O) groups is 2. The summed E-state index contributed by atoms with van der Waals surface area (Å²) in [6.07, 6.45) is 0.132. The van der Waals surface area contributed by atoms with Gasteiger partial charge in [0.1, 0.15) is 12.4 Å². The molecule has 0 spiro atoms. The number of fused-ring (bicyclic) bond motifs is 1. The van der Waals surface area contributed by atoms with Gasteiger partial charge in [0.15, 0.2) is 6.10 Å². The van der Waals surface area contributed by atoms with Gasteiger partial charge in [-0.3, -0.25) is 4.79 Å². The maximum absolute atomic E-state index is 11.9. The van der Waals surface area contributed by atoms with E-state index < -0.39 is 12.1 Å². The van der Waals surface area contributed by atoms with Crippen LogP contribution in [0.15, 0.2) is 23.8 Å². The van der Waals surface area contributed by atoms with E-state index >= 15 is 0 Å². The van der Waals surface area contributed by atoms with Crippen LogP contribution >= 0.6 is 11.6 Å². The maximum Gasteiger partial charge on any atom is 0.332 e. The first-order valence-corrected chi connectivity index (χ1v) is 6.67. The summed E-state index contributed by atoms with van der Waals surface area (Å²) >= 11 is 5.88. The lowest BCUT2D eigenvalue weighted by Crippen LogP contribution is -2.32. The highest BCUT2D eigenvalue weighted by atomic mass is 35.5. The highest BCUT2D eigenvalue weighted by Gasteiger charge is 2.18. The number of ether oxygens (including phenoxy) is 1. The number of carbonyl (C=O) groups excluding carboxylic acids is 1. The normalized spacial score (nSPS) is 14.5. The predicted molar refractivity (Wildman–Crippen MR) is 76.2 cm³/mol. The van der Waals surface area contributed by atoms with E-state index in [4.69, 9.17) is 26.6 Å². The molecule has 0 bridgehead atoms. The molecule has 1 unspecified atom stereocenters. The molecule has 1 aliphatic rings. The molecule has 1 aromatic rings. The van der Waals surface area contributed by atoms with Crippen LogP contribution in [0.4, 0.5) is 0 Å². The number of aliphatic hydroxyl groups is 1. The topological polar surface area (TPSA) is 95.9 Å². The van der Waals surface area contributed by atoms with Crippen LogP contribution < -0.4 is 10.1 Å². The number of carboxylic acids is 1. The van der Waals surface area contributed by atoms with Crippen molar-refractivity contribution in [2.75, 3.05) is 13.2 Å². The number of nitrogens with one attached hydrogen (secondary N) is 1. The number of rotatable bonds is 5. The number of aliphatic carboxylic acids is 1. The number of halogens is 1. The maximum atomic E-state index is 11.9. The van der Waals surface area contributed by atoms with Crippen molar-refractivity contribution in [1.82, 2.24) is 5.32 Å². The van der Waals surface area contributed by atoms with Gasteiger partial charge in [-0.15, -0.1) is 0 Å². The van der Waals surface area contributed by atoms with Crippen LogP contribution in [0, 0.1) is 0 Å². The Morgan fingerprint density at radius 1 is 1.43 bits per heavy atom. The summed E-state index contributed by atoms with van der Waals surface area (Å²) in [4.78, 5) is 22.4. The first-order valence-electron chi connectivity index (χ1n) is 6.29. The van der Waals surface area contributed by atoms with Crippen molar-refractivity contribution >= 4 is 29.6 Å². The van der Waals surface area contributed by atoms with E-state index in [-0.39, 0.29) is 25.5 Å². The van der Waals surface area contributed by atoms with E-state index in [1.165, 1.54) is 0 Å². The first kappa shape index (κ1) is 15.3. The molecular formula is C14H14ClNO5. The molecule has 1 aliphatic heterocycles. The molecule has 0 aliphatic carbocycles. The molecule has 7 heteroatoms. The zero-order chi connectivity index (χ0) is 15.4. The minimum atomic E-state index is -1.48. The van der Waals surface area contributed by atoms with E-state index in [1.54, 1.807) is 24.3 Å². The minimum absolute atomic E-state index is 0.0579. The van der Waals surface area contributed by atoms with Crippen LogP contribution in [-0.2, 0) is 9.59 Å². The molecule has 3 N–H and O–H groups in total. The predicted octanol–water partition coefficient (Wildman–Crippen LogP) is 1.07. The zero-order valence-corrected chi connectivity index (χ0v) is 11.8. The van der Waals surface area contributed by atoms with Crippen LogP contribution in [-0.4, -0.2) is 41.3 Å². The van der Waals surface area contributed by atoms with Gasteiger partial charge in [0.25, 0.3) is 5.91 Å². The minimum Gasteiger partial charge on any atom is -0.488 e. The smallest absolute Gasteiger partial charge is 0.332 e. The second-order valence-electron chi connectivity index (χ2n) is 4.54. The first-order chi connectivity index (χ1) is 9.97. The summed E-state index contributed by atoms with van der Waals surface area (Å²) in [6, 6.07) is 5.12. The molecule has 1 amide bonds. The van der Waals surface area contributed by atoms with Gasteiger partial charge in [0, 0.05) is 23.6 Å². The van der Waals surface area contributed by atoms with Gasteiger partial charge in [-0.2, -0.15) is 0 Å². The van der Waals surface area contributed by atoms with Crippen molar-refractivity contribution in [3.8, 4) is 5.75 Å². The van der Waals surface area contributed by atoms with Crippen molar-refractivity contribution in [2.24, 2.45) is 0 Å². The fraction of sp³-hybridized carbons (Fsp3) is 0.286. The van der Waals surface area contributed by atoms with Crippen LogP contribution in [0.25, 0.3) is 6.08 Å². The van der Waals surface area contributed by atoms with E-state index in [0.717, 1.165) is 0 Å². The van der Waals surface area contributed by atoms with Crippen LogP contribution in [0.5, 0.6) is 5.75 Å². The average molecular weight is 312 g/mol. The third-order valence-electron chi connectivity index (χ3n) is 2.96. The van der Waals surface area contributed by atoms with Gasteiger partial charge in [-0.1, -0.05) is 11.6 Å². The number of aliphatic hydroxyl groups excluding tert-OH is 1. The van der Waals surface area contributed by atoms with Gasteiger partial charge >= 0.3 is 5.97 Å². The molecule has 1 aromatic carbocycles. The lowest BCUT2D eigenvalue weighted by Gasteiger charge is -2.18. The number of hydrogen-bond acceptors (Lipinski definition) is 4. The average Bonchev–Trinajstić information content (AvgIpc) is 2.45. The molecule has 0 aromatic heterocycles. The largest absolute Gasteiger partial charge is 0.488 e. The molecule has 1 atom stereocenters. The molecule has 0 fully saturated rings. The summed E-state index contributed by atoms with van der Waals surface area (Å²) < 4.78 is 5.45. The number of amides is 1. The lowest BCUT2D eigenvalue weighted by atomic mass is 10.1. The number of carboxylic acid groups (broad SMARTS) is 1. The molecular weight excluding hydrogens is 298 g/mol. The molecule has 21 heavy (non-hydrogen) atoms. The molecule has 0 radical (unpaired) electrons. The third-order valence-corrected chi connectivity index (χ3v) is 3.20. The van der Waals surface area contributed by atoms with Crippen molar-refractivity contribution in [3.05, 3.63) is 34.4 Å². The summed E-state index contributed by atoms with van der Waals surface area (Å²) in [6.45, 7) is 0.188. The Balaban J connectivity index is 1.96. The Morgan fingerprint density at radius 3 is 2.90 bits per heavy atom. The van der Waals surface area contributed by atoms with Gasteiger partial charge in [-0.25, -0.2) is 4.79 Å². The highest BCUT2D eigenvalue weighted by Crippen LogP contribution is 2.28. The fourth-order valence-electron chi connectivity index (χ4n) is 1.84. The lowest BCUT2D eigenvalue weighted by molar-refractivity contribution is -0.147. The number of benzene rings is 1. The summed E-state index contributed by atoms with van der Waals surface area (Å²) in [5.74, 6) is -1.02. The molecule has 2 rings (SSSR count). The van der Waals surface area contributed by atoms with Gasteiger partial charge in [0.05, 0.1) is 5.57 Å². The van der Waals surface area contributed by atoms with Crippen molar-refractivity contribution in [1.29, 1.82) is 0 Å². The van der Waals surface area contributed by atoms with Gasteiger partial charge < -0.3 is 20.3 Å². The highest BCUT2D eigenvalue weighted by molar-refractivity contribution is 6.30. The quantitative estimate of drug-likeness (QED) is 0.756. The Morgan fingerprint density at radius 2 is 2.19 bits per heavy atom. The van der Waals surface area contributed by atoms with E-state index in [2.05, 4.69) is 5.32 Å². The van der Waals surface area contributed by atoms with E-state index in [0.29, 0.717) is 21.9 Å². The SMILES string of the molecule is O=C(NCCC(O)C(=O)O)C1=Cc2cc(Cl)ccc2OC1. The summed E-state index contributed by atoms with van der Waals surface area (Å²) in [7, 11) is 0. The third kappa shape index (κ3) is 3.96. The number of hydrogen-bond donors (Lipinski definition) is 3. The van der Waals surface area contributed by atoms with Crippen LogP contribution in [0.1, 0.15) is 12.0 Å². The zero-order valence-electron chi connectivity index (χ0n) is 11.0. The summed E-state index contributed by atoms with van der Waals surface area (Å²) in [5.41, 5.74) is 1.12. The monoisotopic (exact) mass is 311 g/mol. The van der Waals surface area contributed by atoms with Crippen molar-refractivity contribution < 1.29 is 24.5 Å². The van der Waals surface area contributed by atoms with E-state index in [9.17, 15) is 9.59 Å². The van der Waals surface area contributed by atoms with Crippen molar-refractivity contribution in [2.45, 2.75) is 12.5 Å². The molecule has 6 nitrogen and oxygen atoms in total.